The van der Waals surface area contributed by atoms with Crippen LogP contribution in [0.25, 0.3) is 10.9 Å². The maximum Gasteiger partial charge on any atom is 0.101 e. The van der Waals surface area contributed by atoms with E-state index in [9.17, 15) is 10.4 Å². The van der Waals surface area contributed by atoms with Crippen molar-refractivity contribution in [1.29, 1.82) is 5.26 Å². The summed E-state index contributed by atoms with van der Waals surface area (Å²) in [6, 6.07) is 18.1. The van der Waals surface area contributed by atoms with Crippen LogP contribution in [0.4, 0.5) is 11.4 Å². The first-order chi connectivity index (χ1) is 17.6. The Hall–Kier alpha value is -3.18. The lowest BCUT2D eigenvalue weighted by Crippen LogP contribution is -2.59. The normalized spacial score (nSPS) is 24.4. The monoisotopic (exact) mass is 482 g/mol. The number of nitrogens with zero attached hydrogens (tertiary/aromatic N) is 5. The number of hydrogen-bond donors (Lipinski definition) is 2. The third-order valence-corrected chi connectivity index (χ3v) is 8.18. The number of fused-ring (bicyclic) bond motifs is 3. The van der Waals surface area contributed by atoms with Gasteiger partial charge < -0.3 is 15.3 Å². The average Bonchev–Trinajstić information content (AvgIpc) is 3.31. The predicted molar refractivity (Wildman–Crippen MR) is 143 cm³/mol. The number of aromatic nitrogens is 1. The molecule has 1 aromatic heterocycles. The summed E-state index contributed by atoms with van der Waals surface area (Å²) >= 11 is 0. The molecule has 7 heteroatoms. The van der Waals surface area contributed by atoms with Gasteiger partial charge in [-0.3, -0.25) is 14.8 Å². The highest BCUT2D eigenvalue weighted by Crippen LogP contribution is 2.35. The second-order valence-electron chi connectivity index (χ2n) is 10.6. The van der Waals surface area contributed by atoms with Crippen LogP contribution in [0.1, 0.15) is 30.0 Å². The van der Waals surface area contributed by atoms with Crippen LogP contribution in [0.5, 0.6) is 0 Å². The number of aliphatic hydroxyl groups is 1. The lowest BCUT2D eigenvalue weighted by atomic mass is 9.89. The van der Waals surface area contributed by atoms with E-state index in [1.165, 1.54) is 22.5 Å². The topological polar surface area (TPSA) is 78.7 Å². The molecule has 0 radical (unpaired) electrons. The minimum absolute atomic E-state index is 0.156. The Labute approximate surface area is 212 Å². The first kappa shape index (κ1) is 23.2. The highest BCUT2D eigenvalue weighted by molar-refractivity contribution is 5.95. The molecule has 2 aromatic carbocycles. The maximum absolute atomic E-state index is 9.73. The Morgan fingerprint density at radius 1 is 1.14 bits per heavy atom. The molecule has 3 unspecified atom stereocenters. The molecule has 186 valence electrons. The van der Waals surface area contributed by atoms with Crippen molar-refractivity contribution >= 4 is 22.3 Å². The molecular weight excluding hydrogens is 448 g/mol. The summed E-state index contributed by atoms with van der Waals surface area (Å²) in [6.07, 6.45) is 3.56. The second-order valence-corrected chi connectivity index (χ2v) is 10.6. The molecule has 7 nitrogen and oxygen atoms in total. The Morgan fingerprint density at radius 3 is 2.89 bits per heavy atom. The SMILES string of the molecule is CC1CN(c2ccc(C#N)c3ncccc23)CC2Cc3ccc(NCCN4CCC(O)C4)cc3CN12. The number of likely N-dealkylation sites (tertiary alicyclic amines) is 1. The highest BCUT2D eigenvalue weighted by atomic mass is 16.3. The maximum atomic E-state index is 9.73. The predicted octanol–water partition coefficient (Wildman–Crippen LogP) is 3.22. The van der Waals surface area contributed by atoms with Crippen LogP contribution in [0, 0.1) is 11.3 Å². The number of nitrogens with one attached hydrogen (secondary N) is 1. The van der Waals surface area contributed by atoms with Gasteiger partial charge in [-0.15, -0.1) is 0 Å². The van der Waals surface area contributed by atoms with Gasteiger partial charge >= 0.3 is 0 Å². The summed E-state index contributed by atoms with van der Waals surface area (Å²) in [4.78, 5) is 12.0. The van der Waals surface area contributed by atoms with Gasteiger partial charge in [0.2, 0.25) is 0 Å². The minimum Gasteiger partial charge on any atom is -0.392 e. The first-order valence-electron chi connectivity index (χ1n) is 13.1. The highest BCUT2D eigenvalue weighted by Gasteiger charge is 2.36. The van der Waals surface area contributed by atoms with Gasteiger partial charge in [0.1, 0.15) is 6.07 Å². The molecule has 2 saturated heterocycles. The van der Waals surface area contributed by atoms with Crippen molar-refractivity contribution in [3.8, 4) is 6.07 Å². The van der Waals surface area contributed by atoms with Gasteiger partial charge in [0, 0.05) is 80.9 Å². The summed E-state index contributed by atoms with van der Waals surface area (Å²) in [5, 5.41) is 23.9. The fraction of sp³-hybridized carbons (Fsp3) is 0.448. The molecule has 3 aliphatic heterocycles. The minimum atomic E-state index is -0.156. The quantitative estimate of drug-likeness (QED) is 0.578. The molecule has 0 saturated carbocycles. The van der Waals surface area contributed by atoms with Crippen LogP contribution in [0.2, 0.25) is 0 Å². The van der Waals surface area contributed by atoms with Gasteiger partial charge in [-0.2, -0.15) is 5.26 Å². The van der Waals surface area contributed by atoms with Crippen LogP contribution in [0.15, 0.2) is 48.7 Å². The van der Waals surface area contributed by atoms with Crippen LogP contribution in [0.3, 0.4) is 0 Å². The van der Waals surface area contributed by atoms with E-state index in [2.05, 4.69) is 68.3 Å². The van der Waals surface area contributed by atoms with Gasteiger partial charge in [-0.25, -0.2) is 0 Å². The van der Waals surface area contributed by atoms with Crippen LogP contribution < -0.4 is 10.2 Å². The van der Waals surface area contributed by atoms with Gasteiger partial charge in [0.25, 0.3) is 0 Å². The molecule has 6 rings (SSSR count). The van der Waals surface area contributed by atoms with E-state index < -0.39 is 0 Å². The smallest absolute Gasteiger partial charge is 0.101 e. The van der Waals surface area contributed by atoms with E-state index >= 15 is 0 Å². The standard InChI is InChI=1S/C29H34N6O/c1-20-16-34(28-7-5-22(15-30)29-27(28)3-2-9-32-29)18-25-14-21-4-6-24(13-23(21)17-35(20)25)31-10-12-33-11-8-26(36)19-33/h2-7,9,13,20,25-26,31,36H,8,10-12,14,16-19H2,1H3. The van der Waals surface area contributed by atoms with Crippen molar-refractivity contribution < 1.29 is 5.11 Å². The van der Waals surface area contributed by atoms with E-state index in [0.29, 0.717) is 17.6 Å². The number of anilines is 2. The molecule has 3 aliphatic rings. The molecule has 2 fully saturated rings. The summed E-state index contributed by atoms with van der Waals surface area (Å²) < 4.78 is 0. The van der Waals surface area contributed by atoms with Crippen molar-refractivity contribution in [3.63, 3.8) is 0 Å². The molecule has 2 N–H and O–H groups in total. The van der Waals surface area contributed by atoms with Gasteiger partial charge in [0.05, 0.1) is 17.2 Å². The van der Waals surface area contributed by atoms with Crippen molar-refractivity contribution in [2.45, 2.75) is 44.5 Å². The van der Waals surface area contributed by atoms with Crippen molar-refractivity contribution in [2.75, 3.05) is 49.5 Å². The van der Waals surface area contributed by atoms with E-state index in [4.69, 9.17) is 0 Å². The third kappa shape index (κ3) is 4.41. The Kier molecular flexibility index (Phi) is 6.26. The third-order valence-electron chi connectivity index (χ3n) is 8.18. The van der Waals surface area contributed by atoms with E-state index in [1.807, 2.05) is 12.1 Å². The molecule has 0 bridgehead atoms. The molecule has 3 atom stereocenters. The van der Waals surface area contributed by atoms with Gasteiger partial charge in [-0.05, 0) is 67.3 Å². The average molecular weight is 483 g/mol. The lowest BCUT2D eigenvalue weighted by molar-refractivity contribution is 0.101. The molecular formula is C29H34N6O. The van der Waals surface area contributed by atoms with Crippen LogP contribution in [-0.4, -0.2) is 77.3 Å². The zero-order valence-corrected chi connectivity index (χ0v) is 20.9. The number of rotatable bonds is 5. The number of piperazine rings is 1. The number of nitriles is 1. The lowest BCUT2D eigenvalue weighted by Gasteiger charge is -2.49. The summed E-state index contributed by atoms with van der Waals surface area (Å²) in [6.45, 7) is 8.91. The molecule has 0 spiro atoms. The first-order valence-corrected chi connectivity index (χ1v) is 13.1. The molecule has 4 heterocycles. The zero-order valence-electron chi connectivity index (χ0n) is 20.9. The Bertz CT molecular complexity index is 1300. The Balaban J connectivity index is 1.16. The van der Waals surface area contributed by atoms with Crippen molar-refractivity contribution in [3.05, 3.63) is 65.4 Å². The number of benzene rings is 2. The van der Waals surface area contributed by atoms with Crippen LogP contribution in [-0.2, 0) is 13.0 Å². The summed E-state index contributed by atoms with van der Waals surface area (Å²) in [7, 11) is 0. The molecule has 36 heavy (non-hydrogen) atoms. The molecule has 3 aromatic rings. The summed E-state index contributed by atoms with van der Waals surface area (Å²) in [5.74, 6) is 0. The van der Waals surface area contributed by atoms with Crippen molar-refractivity contribution in [2.24, 2.45) is 0 Å². The Morgan fingerprint density at radius 2 is 2.06 bits per heavy atom. The van der Waals surface area contributed by atoms with E-state index in [1.54, 1.807) is 6.20 Å². The zero-order chi connectivity index (χ0) is 24.6. The van der Waals surface area contributed by atoms with Crippen LogP contribution >= 0.6 is 0 Å². The fourth-order valence-electron chi connectivity index (χ4n) is 6.31. The van der Waals surface area contributed by atoms with Crippen molar-refractivity contribution in [1.82, 2.24) is 14.8 Å². The molecule has 0 aliphatic carbocycles. The summed E-state index contributed by atoms with van der Waals surface area (Å²) in [5.41, 5.74) is 6.68. The molecule has 0 amide bonds. The number of pyridine rings is 1. The fourth-order valence-corrected chi connectivity index (χ4v) is 6.31. The van der Waals surface area contributed by atoms with Gasteiger partial charge in [0.15, 0.2) is 0 Å². The van der Waals surface area contributed by atoms with E-state index in [0.717, 1.165) is 69.6 Å². The number of β-amino-alcohol motifs (C(OH)–C–C–N with tert-alkyl or cyclic N) is 1. The van der Waals surface area contributed by atoms with Gasteiger partial charge in [-0.1, -0.05) is 6.07 Å². The second kappa shape index (κ2) is 9.70. The largest absolute Gasteiger partial charge is 0.392 e. The number of aliphatic hydroxyl groups excluding tert-OH is 1. The van der Waals surface area contributed by atoms with E-state index in [-0.39, 0.29) is 6.10 Å². The number of hydrogen-bond acceptors (Lipinski definition) is 7.